The van der Waals surface area contributed by atoms with Gasteiger partial charge in [-0.2, -0.15) is 4.98 Å². The Morgan fingerprint density at radius 2 is 2.04 bits per heavy atom. The summed E-state index contributed by atoms with van der Waals surface area (Å²) in [7, 11) is 0. The summed E-state index contributed by atoms with van der Waals surface area (Å²) >= 11 is 6.59. The molecule has 4 atom stereocenters. The van der Waals surface area contributed by atoms with E-state index in [-0.39, 0.29) is 11.4 Å². The molecule has 3 heterocycles. The highest BCUT2D eigenvalue weighted by atomic mass is 32.2. The quantitative estimate of drug-likeness (QED) is 0.510. The SMILES string of the molecule is OC[C@H]1S[C@@H](n2cc3c(nc2=S)Nc2ccccc2O3)C(O)C1O. The molecule has 0 amide bonds. The summed E-state index contributed by atoms with van der Waals surface area (Å²) in [6, 6.07) is 7.47. The number of para-hydroxylation sites is 2. The van der Waals surface area contributed by atoms with Crippen molar-refractivity contribution in [1.29, 1.82) is 0 Å². The third kappa shape index (κ3) is 2.49. The van der Waals surface area contributed by atoms with Crippen LogP contribution in [0.1, 0.15) is 5.37 Å². The van der Waals surface area contributed by atoms with Crippen LogP contribution in [-0.4, -0.2) is 48.9 Å². The molecule has 126 valence electrons. The predicted molar refractivity (Wildman–Crippen MR) is 92.4 cm³/mol. The zero-order valence-corrected chi connectivity index (χ0v) is 14.0. The van der Waals surface area contributed by atoms with Crippen LogP contribution in [0.2, 0.25) is 0 Å². The van der Waals surface area contributed by atoms with Gasteiger partial charge in [0, 0.05) is 0 Å². The van der Waals surface area contributed by atoms with Gasteiger partial charge in [0.1, 0.15) is 11.5 Å². The topological polar surface area (TPSA) is 99.8 Å². The second kappa shape index (κ2) is 6.01. The second-order valence-corrected chi connectivity index (χ2v) is 7.32. The zero-order valence-electron chi connectivity index (χ0n) is 12.4. The van der Waals surface area contributed by atoms with Crippen molar-refractivity contribution in [3.8, 4) is 11.5 Å². The van der Waals surface area contributed by atoms with E-state index in [4.69, 9.17) is 17.0 Å². The average Bonchev–Trinajstić information content (AvgIpc) is 2.87. The van der Waals surface area contributed by atoms with Gasteiger partial charge in [0.15, 0.2) is 17.3 Å². The fraction of sp³-hybridized carbons (Fsp3) is 0.333. The van der Waals surface area contributed by atoms with Crippen LogP contribution in [-0.2, 0) is 0 Å². The monoisotopic (exact) mass is 365 g/mol. The Hall–Kier alpha value is -1.65. The van der Waals surface area contributed by atoms with Crippen LogP contribution in [0, 0.1) is 4.77 Å². The molecule has 1 saturated heterocycles. The molecule has 7 nitrogen and oxygen atoms in total. The molecule has 2 aliphatic rings. The first kappa shape index (κ1) is 15.9. The Kier molecular flexibility index (Phi) is 3.97. The minimum absolute atomic E-state index is 0.226. The van der Waals surface area contributed by atoms with Crippen LogP contribution in [0.25, 0.3) is 0 Å². The first-order chi connectivity index (χ1) is 11.6. The number of nitrogens with zero attached hydrogens (tertiary/aromatic N) is 2. The Bertz CT molecular complexity index is 844. The normalized spacial score (nSPS) is 27.8. The van der Waals surface area contributed by atoms with E-state index in [1.165, 1.54) is 11.8 Å². The minimum Gasteiger partial charge on any atom is -0.450 e. The number of fused-ring (bicyclic) bond motifs is 2. The second-order valence-electron chi connectivity index (χ2n) is 5.60. The van der Waals surface area contributed by atoms with E-state index in [2.05, 4.69) is 10.3 Å². The molecular weight excluding hydrogens is 350 g/mol. The minimum atomic E-state index is -1.05. The van der Waals surface area contributed by atoms with E-state index in [0.29, 0.717) is 17.3 Å². The van der Waals surface area contributed by atoms with Gasteiger partial charge in [0.25, 0.3) is 0 Å². The summed E-state index contributed by atoms with van der Waals surface area (Å²) < 4.78 is 7.70. The zero-order chi connectivity index (χ0) is 16.8. The van der Waals surface area contributed by atoms with Crippen LogP contribution < -0.4 is 10.1 Å². The Morgan fingerprint density at radius 3 is 2.79 bits per heavy atom. The highest BCUT2D eigenvalue weighted by molar-refractivity contribution is 8.00. The van der Waals surface area contributed by atoms with Gasteiger partial charge >= 0.3 is 0 Å². The van der Waals surface area contributed by atoms with Crippen molar-refractivity contribution in [3.05, 3.63) is 35.2 Å². The van der Waals surface area contributed by atoms with Crippen molar-refractivity contribution in [1.82, 2.24) is 9.55 Å². The van der Waals surface area contributed by atoms with Gasteiger partial charge in [-0.15, -0.1) is 11.8 Å². The van der Waals surface area contributed by atoms with Crippen LogP contribution in [0.4, 0.5) is 11.5 Å². The molecule has 1 aromatic carbocycles. The average molecular weight is 365 g/mol. The Morgan fingerprint density at radius 1 is 1.25 bits per heavy atom. The standard InChI is InChI=1S/C15H15N3O4S2/c19-6-10-11(20)12(21)14(24-10)18-5-9-13(17-15(18)23)16-7-3-1-2-4-8(7)22-9/h1-5,10-12,14,19-21H,6H2,(H,16,17,23)/t10-,11?,12?,14-/m1/s1. The molecule has 0 spiro atoms. The number of nitrogens with one attached hydrogen (secondary N) is 1. The molecule has 0 saturated carbocycles. The molecule has 24 heavy (non-hydrogen) atoms. The van der Waals surface area contributed by atoms with Gasteiger partial charge in [-0.1, -0.05) is 12.1 Å². The van der Waals surface area contributed by atoms with Crippen molar-refractivity contribution in [3.63, 3.8) is 0 Å². The van der Waals surface area contributed by atoms with Gasteiger partial charge in [-0.05, 0) is 24.4 Å². The van der Waals surface area contributed by atoms with E-state index in [1.807, 2.05) is 24.3 Å². The number of benzene rings is 1. The molecule has 1 fully saturated rings. The van der Waals surface area contributed by atoms with E-state index < -0.39 is 22.8 Å². The van der Waals surface area contributed by atoms with Crippen molar-refractivity contribution in [2.24, 2.45) is 0 Å². The van der Waals surface area contributed by atoms with E-state index in [1.54, 1.807) is 10.8 Å². The third-order valence-corrected chi connectivity index (χ3v) is 5.93. The Balaban J connectivity index is 1.72. The van der Waals surface area contributed by atoms with Crippen LogP contribution in [0.15, 0.2) is 30.5 Å². The van der Waals surface area contributed by atoms with Crippen molar-refractivity contribution in [2.75, 3.05) is 11.9 Å². The lowest BCUT2D eigenvalue weighted by molar-refractivity contribution is 0.0103. The maximum atomic E-state index is 10.3. The van der Waals surface area contributed by atoms with E-state index in [9.17, 15) is 15.3 Å². The number of aliphatic hydroxyl groups excluding tert-OH is 3. The van der Waals surface area contributed by atoms with Gasteiger partial charge in [0.2, 0.25) is 4.77 Å². The smallest absolute Gasteiger partial charge is 0.202 e. The summed E-state index contributed by atoms with van der Waals surface area (Å²) in [5, 5.41) is 31.7. The number of aromatic nitrogens is 2. The molecule has 4 N–H and O–H groups in total. The summed E-state index contributed by atoms with van der Waals surface area (Å²) in [6.45, 7) is -0.226. The molecule has 0 aliphatic carbocycles. The summed E-state index contributed by atoms with van der Waals surface area (Å²) in [6.07, 6.45) is -0.411. The fourth-order valence-electron chi connectivity index (χ4n) is 2.81. The number of hydrogen-bond donors (Lipinski definition) is 4. The molecular formula is C15H15N3O4S2. The number of hydrogen-bond acceptors (Lipinski definition) is 8. The molecule has 9 heteroatoms. The largest absolute Gasteiger partial charge is 0.450 e. The molecule has 0 bridgehead atoms. The molecule has 0 radical (unpaired) electrons. The number of rotatable bonds is 2. The maximum Gasteiger partial charge on any atom is 0.202 e. The number of aliphatic hydroxyl groups is 3. The molecule has 1 aromatic heterocycles. The Labute approximate surface area is 146 Å². The van der Waals surface area contributed by atoms with Crippen molar-refractivity contribution in [2.45, 2.75) is 22.8 Å². The lowest BCUT2D eigenvalue weighted by atomic mass is 10.1. The summed E-state index contributed by atoms with van der Waals surface area (Å²) in [5.74, 6) is 1.66. The highest BCUT2D eigenvalue weighted by Crippen LogP contribution is 2.45. The van der Waals surface area contributed by atoms with Crippen LogP contribution in [0.3, 0.4) is 0 Å². The summed E-state index contributed by atoms with van der Waals surface area (Å²) in [5.41, 5.74) is 0.802. The predicted octanol–water partition coefficient (Wildman–Crippen LogP) is 1.79. The van der Waals surface area contributed by atoms with Crippen LogP contribution in [0.5, 0.6) is 11.5 Å². The molecule has 2 unspecified atom stereocenters. The summed E-state index contributed by atoms with van der Waals surface area (Å²) in [4.78, 5) is 4.34. The maximum absolute atomic E-state index is 10.3. The molecule has 2 aliphatic heterocycles. The lowest BCUT2D eigenvalue weighted by Gasteiger charge is -2.24. The first-order valence-electron chi connectivity index (χ1n) is 7.38. The van der Waals surface area contributed by atoms with Gasteiger partial charge in [0.05, 0.1) is 29.8 Å². The number of anilines is 2. The lowest BCUT2D eigenvalue weighted by Crippen LogP contribution is -2.33. The van der Waals surface area contributed by atoms with Gasteiger partial charge < -0.3 is 29.9 Å². The van der Waals surface area contributed by atoms with Gasteiger partial charge in [-0.3, -0.25) is 0 Å². The third-order valence-electron chi connectivity index (χ3n) is 4.07. The fourth-order valence-corrected chi connectivity index (χ4v) is 4.52. The molecule has 2 aromatic rings. The van der Waals surface area contributed by atoms with E-state index in [0.717, 1.165) is 5.69 Å². The van der Waals surface area contributed by atoms with Crippen molar-refractivity contribution < 1.29 is 20.1 Å². The molecule has 4 rings (SSSR count). The van der Waals surface area contributed by atoms with E-state index >= 15 is 0 Å². The number of thioether (sulfide) groups is 1. The number of ether oxygens (including phenoxy) is 1. The first-order valence-corrected chi connectivity index (χ1v) is 8.73. The highest BCUT2D eigenvalue weighted by Gasteiger charge is 2.43. The van der Waals surface area contributed by atoms with Crippen LogP contribution >= 0.6 is 24.0 Å². The van der Waals surface area contributed by atoms with Gasteiger partial charge in [-0.25, -0.2) is 0 Å². The van der Waals surface area contributed by atoms with Crippen molar-refractivity contribution >= 4 is 35.5 Å².